The molecule has 1 N–H and O–H groups in total. The Kier molecular flexibility index (Phi) is 8.17. The van der Waals surface area contributed by atoms with Crippen LogP contribution < -0.4 is 11.0 Å². The predicted octanol–water partition coefficient (Wildman–Crippen LogP) is 2.54. The Labute approximate surface area is 244 Å². The van der Waals surface area contributed by atoms with Gasteiger partial charge in [-0.25, -0.2) is 28.9 Å². The SMILES string of the molecule is O=C(CN1CCOC1=O)NC(Cn1c(-c2ccc(Cl)cc2)nn(Cc2ncn(-c3ncccc3Cl)n2)c1=O)C(F)(F)F. The highest BCUT2D eigenvalue weighted by Gasteiger charge is 2.42. The summed E-state index contributed by atoms with van der Waals surface area (Å²) in [6.07, 6.45) is -2.95. The van der Waals surface area contributed by atoms with Crippen molar-refractivity contribution in [3.05, 3.63) is 75.3 Å². The first kappa shape index (κ1) is 29.1. The molecule has 13 nitrogen and oxygen atoms in total. The summed E-state index contributed by atoms with van der Waals surface area (Å²) in [6, 6.07) is 6.69. The molecule has 2 amide bonds. The van der Waals surface area contributed by atoms with E-state index in [0.717, 1.165) is 14.1 Å². The van der Waals surface area contributed by atoms with Crippen molar-refractivity contribution in [2.75, 3.05) is 19.7 Å². The number of carbonyl (C=O) groups excluding carboxylic acids is 2. The number of benzene rings is 1. The van der Waals surface area contributed by atoms with E-state index in [-0.39, 0.29) is 37.2 Å². The summed E-state index contributed by atoms with van der Waals surface area (Å²) in [5.41, 5.74) is -0.625. The van der Waals surface area contributed by atoms with Gasteiger partial charge in [-0.1, -0.05) is 23.2 Å². The molecular weight excluding hydrogens is 606 g/mol. The molecule has 0 bridgehead atoms. The molecule has 1 unspecified atom stereocenters. The first-order valence-corrected chi connectivity index (χ1v) is 13.0. The molecule has 1 fully saturated rings. The zero-order valence-corrected chi connectivity index (χ0v) is 22.8. The molecule has 18 heteroatoms. The number of ether oxygens (including phenoxy) is 1. The number of halogens is 5. The zero-order chi connectivity index (χ0) is 30.0. The van der Waals surface area contributed by atoms with Crippen LogP contribution in [0.15, 0.2) is 53.7 Å². The lowest BCUT2D eigenvalue weighted by Crippen LogP contribution is -2.52. The molecule has 0 radical (unpaired) electrons. The quantitative estimate of drug-likeness (QED) is 0.299. The Hall–Kier alpha value is -4.44. The Morgan fingerprint density at radius 2 is 1.86 bits per heavy atom. The standard InChI is InChI=1S/C24H20Cl2F3N9O4/c25-15-5-3-14(4-6-15)20-34-37(11-18-31-13-38(33-18)21-16(26)2-1-7-30-21)22(40)36(20)10-17(24(27,28)29)32-19(39)12-35-8-9-42-23(35)41/h1-7,13,17H,8-12H2,(H,32,39). The molecule has 3 aromatic heterocycles. The fourth-order valence-electron chi connectivity index (χ4n) is 4.07. The fourth-order valence-corrected chi connectivity index (χ4v) is 4.40. The van der Waals surface area contributed by atoms with Crippen molar-refractivity contribution in [2.24, 2.45) is 0 Å². The lowest BCUT2D eigenvalue weighted by molar-refractivity contribution is -0.164. The molecule has 0 aliphatic carbocycles. The van der Waals surface area contributed by atoms with Crippen molar-refractivity contribution in [1.82, 2.24) is 44.3 Å². The number of cyclic esters (lactones) is 1. The lowest BCUT2D eigenvalue weighted by atomic mass is 10.2. The minimum atomic E-state index is -4.96. The highest BCUT2D eigenvalue weighted by atomic mass is 35.5. The first-order valence-electron chi connectivity index (χ1n) is 12.2. The van der Waals surface area contributed by atoms with E-state index in [1.54, 1.807) is 12.1 Å². The van der Waals surface area contributed by atoms with E-state index in [1.165, 1.54) is 41.5 Å². The van der Waals surface area contributed by atoms with E-state index in [2.05, 4.69) is 20.2 Å². The van der Waals surface area contributed by atoms with Gasteiger partial charge in [0.25, 0.3) is 0 Å². The third-order valence-electron chi connectivity index (χ3n) is 6.09. The molecule has 0 saturated carbocycles. The van der Waals surface area contributed by atoms with Crippen LogP contribution in [0.25, 0.3) is 17.2 Å². The van der Waals surface area contributed by atoms with E-state index in [4.69, 9.17) is 27.9 Å². The van der Waals surface area contributed by atoms with Crippen LogP contribution in [-0.2, 0) is 22.6 Å². The predicted molar refractivity (Wildman–Crippen MR) is 141 cm³/mol. The molecule has 5 rings (SSSR count). The Morgan fingerprint density at radius 1 is 1.10 bits per heavy atom. The van der Waals surface area contributed by atoms with E-state index in [1.807, 2.05) is 5.32 Å². The summed E-state index contributed by atoms with van der Waals surface area (Å²) in [4.78, 5) is 46.7. The molecule has 42 heavy (non-hydrogen) atoms. The van der Waals surface area contributed by atoms with E-state index < -0.39 is 43.0 Å². The average Bonchev–Trinajstić information content (AvgIpc) is 3.65. The number of carbonyl (C=O) groups is 2. The van der Waals surface area contributed by atoms with Gasteiger partial charge in [-0.15, -0.1) is 10.2 Å². The number of pyridine rings is 1. The Bertz CT molecular complexity index is 1670. The summed E-state index contributed by atoms with van der Waals surface area (Å²) in [6.45, 7) is -1.87. The number of hydrogen-bond donors (Lipinski definition) is 1. The molecule has 1 aliphatic rings. The lowest BCUT2D eigenvalue weighted by Gasteiger charge is -2.23. The van der Waals surface area contributed by atoms with Crippen molar-refractivity contribution in [3.63, 3.8) is 0 Å². The molecule has 1 atom stereocenters. The fraction of sp³-hybridized carbons (Fsp3) is 0.292. The Morgan fingerprint density at radius 3 is 2.52 bits per heavy atom. The van der Waals surface area contributed by atoms with Crippen molar-refractivity contribution >= 4 is 35.2 Å². The molecule has 4 heterocycles. The van der Waals surface area contributed by atoms with Gasteiger partial charge in [-0.2, -0.15) is 13.2 Å². The third kappa shape index (κ3) is 6.38. The number of alkyl halides is 3. The second kappa shape index (κ2) is 11.8. The highest BCUT2D eigenvalue weighted by Crippen LogP contribution is 2.25. The van der Waals surface area contributed by atoms with Crippen molar-refractivity contribution in [3.8, 4) is 17.2 Å². The van der Waals surface area contributed by atoms with Gasteiger partial charge >= 0.3 is 18.0 Å². The first-order chi connectivity index (χ1) is 20.0. The summed E-state index contributed by atoms with van der Waals surface area (Å²) in [5, 5.41) is 11.0. The van der Waals surface area contributed by atoms with Gasteiger partial charge in [-0.05, 0) is 36.4 Å². The number of amides is 2. The monoisotopic (exact) mass is 625 g/mol. The van der Waals surface area contributed by atoms with E-state index >= 15 is 0 Å². The van der Waals surface area contributed by atoms with Crippen LogP contribution in [0.5, 0.6) is 0 Å². The van der Waals surface area contributed by atoms with Gasteiger partial charge < -0.3 is 10.1 Å². The molecule has 1 aromatic carbocycles. The topological polar surface area (TPSA) is 142 Å². The van der Waals surface area contributed by atoms with Gasteiger partial charge in [0, 0.05) is 16.8 Å². The number of aromatic nitrogens is 7. The van der Waals surface area contributed by atoms with Gasteiger partial charge in [-0.3, -0.25) is 14.3 Å². The van der Waals surface area contributed by atoms with Crippen LogP contribution >= 0.6 is 23.2 Å². The maximum atomic E-state index is 14.1. The molecule has 0 spiro atoms. The van der Waals surface area contributed by atoms with Crippen LogP contribution in [0.2, 0.25) is 10.0 Å². The molecule has 4 aromatic rings. The average molecular weight is 626 g/mol. The summed E-state index contributed by atoms with van der Waals surface area (Å²) < 4.78 is 50.0. The van der Waals surface area contributed by atoms with Crippen molar-refractivity contribution in [2.45, 2.75) is 25.3 Å². The molecule has 1 aliphatic heterocycles. The van der Waals surface area contributed by atoms with Crippen LogP contribution in [0, 0.1) is 0 Å². The highest BCUT2D eigenvalue weighted by molar-refractivity contribution is 6.32. The number of nitrogens with zero attached hydrogens (tertiary/aromatic N) is 8. The zero-order valence-electron chi connectivity index (χ0n) is 21.3. The summed E-state index contributed by atoms with van der Waals surface area (Å²) in [7, 11) is 0. The van der Waals surface area contributed by atoms with Crippen LogP contribution in [0.3, 0.4) is 0 Å². The molecule has 1 saturated heterocycles. The summed E-state index contributed by atoms with van der Waals surface area (Å²) >= 11 is 12.1. The second-order valence-electron chi connectivity index (χ2n) is 8.99. The third-order valence-corrected chi connectivity index (χ3v) is 6.63. The molecular formula is C24H20Cl2F3N9O4. The van der Waals surface area contributed by atoms with Crippen molar-refractivity contribution in [1.29, 1.82) is 0 Å². The van der Waals surface area contributed by atoms with Gasteiger partial charge in [0.05, 0.1) is 18.1 Å². The normalized spacial score (nSPS) is 14.2. The Balaban J connectivity index is 1.45. The number of rotatable bonds is 9. The van der Waals surface area contributed by atoms with Crippen molar-refractivity contribution < 1.29 is 27.5 Å². The second-order valence-corrected chi connectivity index (χ2v) is 9.84. The van der Waals surface area contributed by atoms with Crippen LogP contribution in [0.4, 0.5) is 18.0 Å². The van der Waals surface area contributed by atoms with E-state index in [0.29, 0.717) is 15.6 Å². The van der Waals surface area contributed by atoms with E-state index in [9.17, 15) is 27.6 Å². The van der Waals surface area contributed by atoms with Gasteiger partial charge in [0.2, 0.25) is 5.91 Å². The summed E-state index contributed by atoms with van der Waals surface area (Å²) in [5.74, 6) is -0.809. The minimum Gasteiger partial charge on any atom is -0.448 e. The number of hydrogen-bond acceptors (Lipinski definition) is 8. The smallest absolute Gasteiger partial charge is 0.410 e. The largest absolute Gasteiger partial charge is 0.448 e. The van der Waals surface area contributed by atoms with Crippen LogP contribution in [-0.4, -0.2) is 82.9 Å². The maximum Gasteiger partial charge on any atom is 0.410 e. The molecule has 220 valence electrons. The number of nitrogens with one attached hydrogen (secondary N) is 1. The minimum absolute atomic E-state index is 0.0237. The van der Waals surface area contributed by atoms with Crippen LogP contribution in [0.1, 0.15) is 5.82 Å². The van der Waals surface area contributed by atoms with Gasteiger partial charge in [0.1, 0.15) is 32.1 Å². The maximum absolute atomic E-state index is 14.1. The van der Waals surface area contributed by atoms with Gasteiger partial charge in [0.15, 0.2) is 17.5 Å².